The molecule has 1 atom stereocenters. The summed E-state index contributed by atoms with van der Waals surface area (Å²) in [4.78, 5) is 15.5. The second-order valence-electron chi connectivity index (χ2n) is 4.69. The normalized spacial score (nSPS) is 12.7. The molecule has 0 saturated carbocycles. The van der Waals surface area contributed by atoms with Crippen LogP contribution in [0, 0.1) is 5.82 Å². The van der Waals surface area contributed by atoms with Crippen LogP contribution >= 0.6 is 27.3 Å². The average molecular weight is 356 g/mol. The Hall–Kier alpha value is -1.04. The predicted molar refractivity (Wildman–Crippen MR) is 83.7 cm³/mol. The third-order valence-corrected chi connectivity index (χ3v) is 4.88. The molecule has 0 aliphatic carbocycles. The first-order chi connectivity index (χ1) is 9.47. The lowest BCUT2D eigenvalue weighted by molar-refractivity contribution is 0.0863. The highest BCUT2D eigenvalue weighted by atomic mass is 79.9. The second-order valence-corrected chi connectivity index (χ2v) is 6.60. The van der Waals surface area contributed by atoms with Gasteiger partial charge in [0.15, 0.2) is 5.78 Å². The zero-order chi connectivity index (χ0) is 14.7. The lowest BCUT2D eigenvalue weighted by atomic mass is 10.0. The van der Waals surface area contributed by atoms with Crippen molar-refractivity contribution in [3.05, 3.63) is 56.4 Å². The molecule has 2 nitrogen and oxygen atoms in total. The maximum Gasteiger partial charge on any atom is 0.179 e. The van der Waals surface area contributed by atoms with E-state index in [0.29, 0.717) is 12.1 Å². The number of thiophene rings is 1. The number of rotatable bonds is 5. The van der Waals surface area contributed by atoms with Crippen LogP contribution in [0.5, 0.6) is 0 Å². The van der Waals surface area contributed by atoms with Gasteiger partial charge in [-0.05, 0) is 60.2 Å². The Bertz CT molecular complexity index is 596. The quantitative estimate of drug-likeness (QED) is 0.743. The summed E-state index contributed by atoms with van der Waals surface area (Å²) < 4.78 is 13.9. The van der Waals surface area contributed by atoms with Crippen LogP contribution in [0.2, 0.25) is 0 Å². The lowest BCUT2D eigenvalue weighted by Crippen LogP contribution is -2.35. The minimum atomic E-state index is -0.328. The molecule has 1 unspecified atom stereocenters. The Morgan fingerprint density at radius 2 is 2.05 bits per heavy atom. The van der Waals surface area contributed by atoms with E-state index in [1.54, 1.807) is 11.3 Å². The molecule has 0 radical (unpaired) electrons. The monoisotopic (exact) mass is 355 g/mol. The Labute approximate surface area is 130 Å². The van der Waals surface area contributed by atoms with Crippen molar-refractivity contribution in [1.29, 1.82) is 0 Å². The van der Waals surface area contributed by atoms with Crippen LogP contribution in [-0.2, 0) is 6.54 Å². The number of carbonyl (C=O) groups excluding carboxylic acids is 1. The molecule has 5 heteroatoms. The third-order valence-electron chi connectivity index (χ3n) is 3.20. The molecule has 0 amide bonds. The molecule has 106 valence electrons. The van der Waals surface area contributed by atoms with Crippen LogP contribution in [-0.4, -0.2) is 23.8 Å². The molecule has 1 aromatic carbocycles. The maximum absolute atomic E-state index is 12.9. The van der Waals surface area contributed by atoms with Gasteiger partial charge in [-0.25, -0.2) is 4.39 Å². The predicted octanol–water partition coefficient (Wildman–Crippen LogP) is 4.35. The van der Waals surface area contributed by atoms with Crippen LogP contribution in [0.4, 0.5) is 4.39 Å². The van der Waals surface area contributed by atoms with Gasteiger partial charge in [0.25, 0.3) is 0 Å². The standard InChI is InChI=1S/C15H15BrFNOS/c1-10(15(19)11-3-5-13(17)6-4-11)18(2)8-14-7-12(16)9-20-14/h3-7,9-10H,8H2,1-2H3. The number of benzene rings is 1. The van der Waals surface area contributed by atoms with Crippen LogP contribution in [0.15, 0.2) is 40.2 Å². The summed E-state index contributed by atoms with van der Waals surface area (Å²) in [6.45, 7) is 2.58. The van der Waals surface area contributed by atoms with Crippen LogP contribution in [0.1, 0.15) is 22.2 Å². The fourth-order valence-electron chi connectivity index (χ4n) is 1.87. The summed E-state index contributed by atoms with van der Waals surface area (Å²) in [6, 6.07) is 7.50. The van der Waals surface area contributed by atoms with E-state index in [1.165, 1.54) is 29.1 Å². The molecule has 2 rings (SSSR count). The summed E-state index contributed by atoms with van der Waals surface area (Å²) >= 11 is 5.08. The number of hydrogen-bond donors (Lipinski definition) is 0. The van der Waals surface area contributed by atoms with E-state index in [1.807, 2.05) is 24.3 Å². The Morgan fingerprint density at radius 3 is 2.60 bits per heavy atom. The van der Waals surface area contributed by atoms with E-state index in [4.69, 9.17) is 0 Å². The van der Waals surface area contributed by atoms with Crippen molar-refractivity contribution >= 4 is 33.0 Å². The Kier molecular flexibility index (Phi) is 5.07. The smallest absolute Gasteiger partial charge is 0.179 e. The van der Waals surface area contributed by atoms with E-state index >= 15 is 0 Å². The SMILES string of the molecule is CC(C(=O)c1ccc(F)cc1)N(C)Cc1cc(Br)cs1. The molecular weight excluding hydrogens is 341 g/mol. The van der Waals surface area contributed by atoms with Gasteiger partial charge < -0.3 is 0 Å². The first kappa shape index (κ1) is 15.4. The summed E-state index contributed by atoms with van der Waals surface area (Å²) in [6.07, 6.45) is 0. The Balaban J connectivity index is 2.04. The molecule has 20 heavy (non-hydrogen) atoms. The van der Waals surface area contributed by atoms with Crippen molar-refractivity contribution in [3.63, 3.8) is 0 Å². The van der Waals surface area contributed by atoms with Gasteiger partial charge in [0.2, 0.25) is 0 Å². The van der Waals surface area contributed by atoms with E-state index in [-0.39, 0.29) is 17.6 Å². The van der Waals surface area contributed by atoms with Crippen molar-refractivity contribution in [1.82, 2.24) is 4.90 Å². The van der Waals surface area contributed by atoms with E-state index in [2.05, 4.69) is 22.0 Å². The van der Waals surface area contributed by atoms with Crippen molar-refractivity contribution in [2.75, 3.05) is 7.05 Å². The van der Waals surface area contributed by atoms with E-state index in [0.717, 1.165) is 4.47 Å². The highest BCUT2D eigenvalue weighted by Gasteiger charge is 2.20. The number of hydrogen-bond acceptors (Lipinski definition) is 3. The zero-order valence-electron chi connectivity index (χ0n) is 11.3. The highest BCUT2D eigenvalue weighted by Crippen LogP contribution is 2.22. The molecule has 2 aromatic rings. The van der Waals surface area contributed by atoms with Gasteiger partial charge in [-0.15, -0.1) is 11.3 Å². The number of ketones is 1. The van der Waals surface area contributed by atoms with E-state index < -0.39 is 0 Å². The molecule has 1 heterocycles. The first-order valence-electron chi connectivity index (χ1n) is 6.20. The molecule has 0 saturated heterocycles. The van der Waals surface area contributed by atoms with E-state index in [9.17, 15) is 9.18 Å². The molecule has 1 aromatic heterocycles. The second kappa shape index (κ2) is 6.61. The number of likely N-dealkylation sites (N-methyl/N-ethyl adjacent to an activating group) is 1. The van der Waals surface area contributed by atoms with Gasteiger partial charge >= 0.3 is 0 Å². The zero-order valence-corrected chi connectivity index (χ0v) is 13.7. The fraction of sp³-hybridized carbons (Fsp3) is 0.267. The maximum atomic E-state index is 12.9. The molecular formula is C15H15BrFNOS. The third kappa shape index (κ3) is 3.75. The summed E-state index contributed by atoms with van der Waals surface area (Å²) in [5, 5.41) is 2.02. The largest absolute Gasteiger partial charge is 0.292 e. The minimum absolute atomic E-state index is 0.00289. The first-order valence-corrected chi connectivity index (χ1v) is 7.87. The number of carbonyl (C=O) groups is 1. The number of halogens is 2. The summed E-state index contributed by atoms with van der Waals surface area (Å²) in [5.74, 6) is -0.325. The molecule has 0 bridgehead atoms. The van der Waals surface area contributed by atoms with Crippen molar-refractivity contribution in [2.45, 2.75) is 19.5 Å². The van der Waals surface area contributed by atoms with Gasteiger partial charge in [-0.3, -0.25) is 9.69 Å². The number of Topliss-reactive ketones (excluding diaryl/α,β-unsaturated/α-hetero) is 1. The van der Waals surface area contributed by atoms with Crippen molar-refractivity contribution in [2.24, 2.45) is 0 Å². The van der Waals surface area contributed by atoms with Gasteiger partial charge in [-0.2, -0.15) is 0 Å². The Morgan fingerprint density at radius 1 is 1.40 bits per heavy atom. The topological polar surface area (TPSA) is 20.3 Å². The molecule has 0 spiro atoms. The van der Waals surface area contributed by atoms with Crippen LogP contribution in [0.25, 0.3) is 0 Å². The van der Waals surface area contributed by atoms with Crippen molar-refractivity contribution in [3.8, 4) is 0 Å². The molecule has 0 N–H and O–H groups in total. The summed E-state index contributed by atoms with van der Waals surface area (Å²) in [5.41, 5.74) is 0.540. The van der Waals surface area contributed by atoms with Gasteiger partial charge in [0.1, 0.15) is 5.82 Å². The molecule has 0 aliphatic rings. The fourth-order valence-corrected chi connectivity index (χ4v) is 3.39. The molecule has 0 fully saturated rings. The summed E-state index contributed by atoms with van der Waals surface area (Å²) in [7, 11) is 1.92. The average Bonchev–Trinajstić information content (AvgIpc) is 2.83. The minimum Gasteiger partial charge on any atom is -0.292 e. The lowest BCUT2D eigenvalue weighted by Gasteiger charge is -2.23. The van der Waals surface area contributed by atoms with Gasteiger partial charge in [0.05, 0.1) is 6.04 Å². The van der Waals surface area contributed by atoms with Crippen molar-refractivity contribution < 1.29 is 9.18 Å². The van der Waals surface area contributed by atoms with Crippen LogP contribution in [0.3, 0.4) is 0 Å². The van der Waals surface area contributed by atoms with Crippen LogP contribution < -0.4 is 0 Å². The molecule has 0 aliphatic heterocycles. The highest BCUT2D eigenvalue weighted by molar-refractivity contribution is 9.10. The van der Waals surface area contributed by atoms with Gasteiger partial charge in [-0.1, -0.05) is 0 Å². The number of nitrogens with zero attached hydrogens (tertiary/aromatic N) is 1. The van der Waals surface area contributed by atoms with Gasteiger partial charge in [0, 0.05) is 26.8 Å².